The van der Waals surface area contributed by atoms with Crippen LogP contribution in [0.2, 0.25) is 23.2 Å². The van der Waals surface area contributed by atoms with Crippen molar-refractivity contribution in [2.24, 2.45) is 11.7 Å². The Balaban J connectivity index is 1.43. The normalized spacial score (nSPS) is 15.2. The van der Waals surface area contributed by atoms with Gasteiger partial charge in [-0.05, 0) is 90.4 Å². The SMILES string of the molecule is C=CCCC(C)[C@H](OC(N)=O)C(=O)N[C@@H](C)C(=O)Nc1ccc(COC(=O)Nc2cc(O[Si](c3ccccc3)(c3ccccc3)C(C)(C)C)c(OC)cc2C(=O)N2C=C(C)C[C@H]2CO[Si](C)(C)C(C)(C)C)cc1. The van der Waals surface area contributed by atoms with Gasteiger partial charge in [-0.2, -0.15) is 0 Å². The van der Waals surface area contributed by atoms with Crippen LogP contribution in [-0.2, 0) is 30.1 Å². The maximum absolute atomic E-state index is 15.0. The second-order valence-corrected chi connectivity index (χ2v) is 30.3. The number of nitrogens with one attached hydrogen (secondary N) is 3. The molecule has 0 aliphatic carbocycles. The standard InChI is InChI=1S/C56H75N5O10Si2/c1-14-15-22-38(3)49(70-53(57)65)51(63)58-39(4)50(62)59-41-29-27-40(28-30-41)35-68-54(66)60-46-33-48(71-73(56(8,9)10,43-23-18-16-19-24-43)44-25-20-17-21-26-44)47(67-11)32-45(46)52(64)61-34-37(2)31-42(61)36-69-72(12,13)55(5,6)7/h14,16-21,23-30,32-34,38-39,42,49H,1,15,22,31,35-36H2,2-13H3,(H2,57,65)(H,58,63)(H,59,62)(H,60,66)/t38?,39-,42-,49-/m0/s1. The fourth-order valence-electron chi connectivity index (χ4n) is 8.46. The molecule has 4 aromatic carbocycles. The second kappa shape index (κ2) is 24.4. The van der Waals surface area contributed by atoms with Crippen molar-refractivity contribution in [1.82, 2.24) is 10.2 Å². The molecule has 0 fully saturated rings. The van der Waals surface area contributed by atoms with E-state index in [1.807, 2.05) is 49.5 Å². The number of primary amides is 1. The minimum absolute atomic E-state index is 0.0352. The predicted octanol–water partition coefficient (Wildman–Crippen LogP) is 10.0. The maximum Gasteiger partial charge on any atom is 0.411 e. The summed E-state index contributed by atoms with van der Waals surface area (Å²) in [4.78, 5) is 68.4. The molecule has 1 heterocycles. The number of methoxy groups -OCH3 is 1. The molecule has 5 rings (SSSR count). The number of allylic oxidation sites excluding steroid dienone is 1. The van der Waals surface area contributed by atoms with E-state index in [1.54, 1.807) is 54.3 Å². The number of carbonyl (C=O) groups is 5. The lowest BCUT2D eigenvalue weighted by Gasteiger charge is -2.43. The van der Waals surface area contributed by atoms with E-state index in [1.165, 1.54) is 14.0 Å². The number of hydrogen-bond acceptors (Lipinski definition) is 10. The van der Waals surface area contributed by atoms with Crippen molar-refractivity contribution >= 4 is 68.3 Å². The summed E-state index contributed by atoms with van der Waals surface area (Å²) in [5.41, 5.74) is 7.58. The third kappa shape index (κ3) is 14.3. The van der Waals surface area contributed by atoms with Gasteiger partial charge >= 0.3 is 20.5 Å². The number of ether oxygens (including phenoxy) is 3. The number of rotatable bonds is 21. The van der Waals surface area contributed by atoms with Gasteiger partial charge in [0.2, 0.25) is 5.91 Å². The van der Waals surface area contributed by atoms with Gasteiger partial charge in [0.1, 0.15) is 18.4 Å². The highest BCUT2D eigenvalue weighted by Crippen LogP contribution is 2.43. The van der Waals surface area contributed by atoms with Gasteiger partial charge in [0.15, 0.2) is 20.2 Å². The van der Waals surface area contributed by atoms with Crippen LogP contribution >= 0.6 is 0 Å². The van der Waals surface area contributed by atoms with Gasteiger partial charge in [-0.3, -0.25) is 19.7 Å². The summed E-state index contributed by atoms with van der Waals surface area (Å²) in [6, 6.07) is 28.8. The van der Waals surface area contributed by atoms with Crippen LogP contribution in [0, 0.1) is 5.92 Å². The van der Waals surface area contributed by atoms with Gasteiger partial charge < -0.3 is 44.3 Å². The fraction of sp³-hybridized carbons (Fsp3) is 0.411. The van der Waals surface area contributed by atoms with Crippen molar-refractivity contribution in [3.05, 3.63) is 133 Å². The average Bonchev–Trinajstić information content (AvgIpc) is 3.72. The van der Waals surface area contributed by atoms with Gasteiger partial charge in [-0.1, -0.05) is 133 Å². The minimum atomic E-state index is -3.25. The van der Waals surface area contributed by atoms with Crippen LogP contribution < -0.4 is 41.2 Å². The highest BCUT2D eigenvalue weighted by molar-refractivity contribution is 7.00. The average molecular weight is 1030 g/mol. The zero-order valence-corrected chi connectivity index (χ0v) is 46.6. The smallest absolute Gasteiger partial charge is 0.411 e. The molecule has 4 atom stereocenters. The first-order chi connectivity index (χ1) is 34.3. The Kier molecular flexibility index (Phi) is 19.1. The molecule has 1 aliphatic heterocycles. The molecule has 392 valence electrons. The monoisotopic (exact) mass is 1030 g/mol. The first-order valence-electron chi connectivity index (χ1n) is 24.7. The van der Waals surface area contributed by atoms with E-state index in [0.29, 0.717) is 48.6 Å². The van der Waals surface area contributed by atoms with E-state index in [0.717, 1.165) is 15.9 Å². The molecular formula is C56H75N5O10Si2. The summed E-state index contributed by atoms with van der Waals surface area (Å²) in [5, 5.41) is 9.81. The quantitative estimate of drug-likeness (QED) is 0.0461. The van der Waals surface area contributed by atoms with E-state index >= 15 is 0 Å². The van der Waals surface area contributed by atoms with Crippen LogP contribution in [0.25, 0.3) is 0 Å². The summed E-state index contributed by atoms with van der Waals surface area (Å²) in [6.45, 7) is 26.5. The van der Waals surface area contributed by atoms with Crippen molar-refractivity contribution in [2.45, 2.75) is 130 Å². The van der Waals surface area contributed by atoms with Crippen molar-refractivity contribution < 1.29 is 47.0 Å². The van der Waals surface area contributed by atoms with E-state index in [-0.39, 0.29) is 40.8 Å². The van der Waals surface area contributed by atoms with Crippen LogP contribution in [0.4, 0.5) is 21.0 Å². The number of anilines is 2. The van der Waals surface area contributed by atoms with Crippen molar-refractivity contribution in [3.8, 4) is 11.5 Å². The molecule has 0 aromatic heterocycles. The van der Waals surface area contributed by atoms with Gasteiger partial charge in [0.25, 0.3) is 11.8 Å². The van der Waals surface area contributed by atoms with Gasteiger partial charge in [0.05, 0.1) is 31.0 Å². The van der Waals surface area contributed by atoms with Crippen LogP contribution in [0.1, 0.15) is 97.5 Å². The Morgan fingerprint density at radius 3 is 1.97 bits per heavy atom. The summed E-state index contributed by atoms with van der Waals surface area (Å²) < 4.78 is 31.0. The summed E-state index contributed by atoms with van der Waals surface area (Å²) in [5.74, 6) is -1.29. The van der Waals surface area contributed by atoms with Crippen molar-refractivity contribution in [3.63, 3.8) is 0 Å². The topological polar surface area (TPSA) is 197 Å². The molecule has 4 aromatic rings. The number of nitrogens with zero attached hydrogens (tertiary/aromatic N) is 1. The highest BCUT2D eigenvalue weighted by atomic mass is 28.4. The molecule has 5 amide bonds. The molecule has 0 saturated carbocycles. The third-order valence-electron chi connectivity index (χ3n) is 13.6. The lowest BCUT2D eigenvalue weighted by molar-refractivity contribution is -0.134. The molecule has 73 heavy (non-hydrogen) atoms. The molecule has 0 bridgehead atoms. The number of carbonyl (C=O) groups excluding carboxylic acids is 5. The zero-order chi connectivity index (χ0) is 53.9. The zero-order valence-electron chi connectivity index (χ0n) is 44.6. The molecule has 0 spiro atoms. The summed E-state index contributed by atoms with van der Waals surface area (Å²) >= 11 is 0. The molecule has 1 unspecified atom stereocenters. The van der Waals surface area contributed by atoms with Crippen LogP contribution in [0.15, 0.2) is 121 Å². The van der Waals surface area contributed by atoms with Crippen LogP contribution in [-0.4, -0.2) is 83.3 Å². The lowest BCUT2D eigenvalue weighted by Crippen LogP contribution is -2.68. The summed E-state index contributed by atoms with van der Waals surface area (Å²) in [7, 11) is -3.90. The van der Waals surface area contributed by atoms with Crippen LogP contribution in [0.3, 0.4) is 0 Å². The Bertz CT molecular complexity index is 2570. The molecule has 1 aliphatic rings. The predicted molar refractivity (Wildman–Crippen MR) is 292 cm³/mol. The fourth-order valence-corrected chi connectivity index (χ4v) is 13.9. The van der Waals surface area contributed by atoms with E-state index in [9.17, 15) is 24.0 Å². The van der Waals surface area contributed by atoms with E-state index in [2.05, 4.69) is 101 Å². The maximum atomic E-state index is 15.0. The van der Waals surface area contributed by atoms with Crippen LogP contribution in [0.5, 0.6) is 11.5 Å². The number of nitrogens with two attached hydrogens (primary N) is 1. The largest absolute Gasteiger partial charge is 0.531 e. The minimum Gasteiger partial charge on any atom is -0.531 e. The Morgan fingerprint density at radius 2 is 1.44 bits per heavy atom. The highest BCUT2D eigenvalue weighted by Gasteiger charge is 2.53. The van der Waals surface area contributed by atoms with Gasteiger partial charge in [-0.25, -0.2) is 9.59 Å². The Morgan fingerprint density at radius 1 is 0.836 bits per heavy atom. The van der Waals surface area contributed by atoms with E-state index < -0.39 is 57.8 Å². The van der Waals surface area contributed by atoms with Crippen molar-refractivity contribution in [1.29, 1.82) is 0 Å². The summed E-state index contributed by atoms with van der Waals surface area (Å²) in [6.07, 6.45) is 2.14. The first-order valence-corrected chi connectivity index (χ1v) is 29.5. The molecule has 15 nitrogen and oxygen atoms in total. The number of amides is 5. The van der Waals surface area contributed by atoms with E-state index in [4.69, 9.17) is 28.8 Å². The lowest BCUT2D eigenvalue weighted by atomic mass is 9.98. The Labute approximate surface area is 433 Å². The molecule has 0 saturated heterocycles. The molecule has 17 heteroatoms. The third-order valence-corrected chi connectivity index (χ3v) is 23.1. The van der Waals surface area contributed by atoms with Gasteiger partial charge in [-0.15, -0.1) is 6.58 Å². The Hall–Kier alpha value is -6.70. The number of hydrogen-bond donors (Lipinski definition) is 4. The first kappa shape index (κ1) is 57.2. The molecular weight excluding hydrogens is 959 g/mol. The molecule has 5 N–H and O–H groups in total. The molecule has 0 radical (unpaired) electrons. The second-order valence-electron chi connectivity index (χ2n) is 21.2. The number of benzene rings is 4. The van der Waals surface area contributed by atoms with Crippen molar-refractivity contribution in [2.75, 3.05) is 24.4 Å². The van der Waals surface area contributed by atoms with Gasteiger partial charge in [0, 0.05) is 23.9 Å².